The fourth-order valence-corrected chi connectivity index (χ4v) is 5.16. The van der Waals surface area contributed by atoms with Gasteiger partial charge in [-0.15, -0.1) is 0 Å². The van der Waals surface area contributed by atoms with Crippen molar-refractivity contribution in [2.45, 2.75) is 136 Å². The molecule has 49 heavy (non-hydrogen) atoms. The Morgan fingerprint density at radius 1 is 0.653 bits per heavy atom. The third kappa shape index (κ3) is 35.3. The first-order valence-corrected chi connectivity index (χ1v) is 20.1. The molecule has 0 saturated carbocycles. The average Bonchev–Trinajstić information content (AvgIpc) is 3.06. The standard InChI is InChI=1S/C39H68NO8P/c1-5-7-9-11-13-15-17-18-19-20-22-23-25-27-29-31-38(41)45-35-37(36-47-49(43,44)46-34-33-40(3)4)48-39(42)32-30-28-26-24-21-16-14-12-10-8-6-2/h7,9,12-15,18-19,22-23,37H,5-6,8,10-11,16-17,20-21,24-36H2,1-4H3,(H,43,44)/b9-7-,14-12-,15-13-,19-18-,23-22-. The highest BCUT2D eigenvalue weighted by Crippen LogP contribution is 2.43. The maximum absolute atomic E-state index is 12.5. The normalized spacial score (nSPS) is 14.2. The molecule has 9 nitrogen and oxygen atoms in total. The Hall–Kier alpha value is -2.29. The number of hydrogen-bond donors (Lipinski definition) is 1. The first kappa shape index (κ1) is 46.7. The van der Waals surface area contributed by atoms with Crippen molar-refractivity contribution in [3.05, 3.63) is 60.8 Å². The van der Waals surface area contributed by atoms with E-state index >= 15 is 0 Å². The number of phosphoric acid groups is 1. The molecule has 0 amide bonds. The van der Waals surface area contributed by atoms with Crippen molar-refractivity contribution in [1.29, 1.82) is 0 Å². The molecule has 0 heterocycles. The topological polar surface area (TPSA) is 112 Å². The molecule has 0 aromatic carbocycles. The quantitative estimate of drug-likeness (QED) is 0.0308. The minimum absolute atomic E-state index is 0.00370. The Balaban J connectivity index is 4.47. The fourth-order valence-electron chi connectivity index (χ4n) is 4.42. The summed E-state index contributed by atoms with van der Waals surface area (Å²) in [6.45, 7) is 4.07. The highest BCUT2D eigenvalue weighted by Gasteiger charge is 2.26. The molecule has 0 aliphatic heterocycles. The van der Waals surface area contributed by atoms with Gasteiger partial charge in [-0.3, -0.25) is 18.6 Å². The Labute approximate surface area is 298 Å². The molecule has 282 valence electrons. The number of nitrogens with zero attached hydrogens (tertiary/aromatic N) is 1. The molecular formula is C39H68NO8P. The SMILES string of the molecule is CC/C=C\C/C=C\C/C=C\C/C=C\CCCCC(=O)OCC(COP(=O)(O)OCCN(C)C)OC(=O)CCCCCCC/C=C\CCCC. The first-order valence-electron chi connectivity index (χ1n) is 18.6. The number of unbranched alkanes of at least 4 members (excludes halogenated alkanes) is 9. The molecule has 10 heteroatoms. The maximum Gasteiger partial charge on any atom is 0.472 e. The second kappa shape index (κ2) is 34.2. The lowest BCUT2D eigenvalue weighted by molar-refractivity contribution is -0.161. The largest absolute Gasteiger partial charge is 0.472 e. The molecule has 0 rings (SSSR count). The lowest BCUT2D eigenvalue weighted by Crippen LogP contribution is -2.29. The summed E-state index contributed by atoms with van der Waals surface area (Å²) in [4.78, 5) is 36.8. The summed E-state index contributed by atoms with van der Waals surface area (Å²) in [5.74, 6) is -0.872. The van der Waals surface area contributed by atoms with E-state index < -0.39 is 32.5 Å². The van der Waals surface area contributed by atoms with Crippen LogP contribution < -0.4 is 0 Å². The van der Waals surface area contributed by atoms with Crippen LogP contribution in [0.2, 0.25) is 0 Å². The van der Waals surface area contributed by atoms with Gasteiger partial charge in [-0.2, -0.15) is 0 Å². The van der Waals surface area contributed by atoms with Gasteiger partial charge in [0.25, 0.3) is 0 Å². The minimum Gasteiger partial charge on any atom is -0.462 e. The zero-order valence-electron chi connectivity index (χ0n) is 31.1. The molecule has 0 spiro atoms. The number of carbonyl (C=O) groups is 2. The monoisotopic (exact) mass is 709 g/mol. The molecule has 0 aromatic heterocycles. The van der Waals surface area contributed by atoms with Crippen molar-refractivity contribution in [3.8, 4) is 0 Å². The van der Waals surface area contributed by atoms with Crippen LogP contribution in [0.5, 0.6) is 0 Å². The predicted molar refractivity (Wildman–Crippen MR) is 201 cm³/mol. The highest BCUT2D eigenvalue weighted by molar-refractivity contribution is 7.47. The van der Waals surface area contributed by atoms with Gasteiger partial charge in [0.2, 0.25) is 0 Å². The number of allylic oxidation sites excluding steroid dienone is 10. The van der Waals surface area contributed by atoms with Gasteiger partial charge in [0.15, 0.2) is 6.10 Å². The summed E-state index contributed by atoms with van der Waals surface area (Å²) in [5, 5.41) is 0. The van der Waals surface area contributed by atoms with Gasteiger partial charge in [0.1, 0.15) is 6.61 Å². The molecule has 0 aromatic rings. The second-order valence-electron chi connectivity index (χ2n) is 12.4. The molecule has 0 aliphatic rings. The third-order valence-electron chi connectivity index (χ3n) is 7.31. The Morgan fingerprint density at radius 3 is 1.80 bits per heavy atom. The van der Waals surface area contributed by atoms with Crippen LogP contribution in [-0.4, -0.2) is 68.3 Å². The van der Waals surface area contributed by atoms with E-state index in [0.29, 0.717) is 19.4 Å². The van der Waals surface area contributed by atoms with Crippen molar-refractivity contribution >= 4 is 19.8 Å². The Morgan fingerprint density at radius 2 is 1.16 bits per heavy atom. The Bertz CT molecular complexity index is 1000. The number of esters is 2. The van der Waals surface area contributed by atoms with Crippen LogP contribution in [0.3, 0.4) is 0 Å². The van der Waals surface area contributed by atoms with Crippen LogP contribution >= 0.6 is 7.82 Å². The molecule has 1 N–H and O–H groups in total. The van der Waals surface area contributed by atoms with Crippen molar-refractivity contribution in [2.24, 2.45) is 0 Å². The van der Waals surface area contributed by atoms with Gasteiger partial charge in [-0.1, -0.05) is 107 Å². The fraction of sp³-hybridized carbons (Fsp3) is 0.692. The van der Waals surface area contributed by atoms with E-state index in [-0.39, 0.29) is 26.1 Å². The van der Waals surface area contributed by atoms with Crippen molar-refractivity contribution in [2.75, 3.05) is 40.5 Å². The lowest BCUT2D eigenvalue weighted by Gasteiger charge is -2.20. The first-order chi connectivity index (χ1) is 23.7. The van der Waals surface area contributed by atoms with Crippen LogP contribution in [-0.2, 0) is 32.7 Å². The van der Waals surface area contributed by atoms with Crippen LogP contribution in [0.1, 0.15) is 129 Å². The number of rotatable bonds is 33. The van der Waals surface area contributed by atoms with Gasteiger partial charge in [-0.25, -0.2) is 4.57 Å². The van der Waals surface area contributed by atoms with Crippen molar-refractivity contribution < 1.29 is 37.6 Å². The summed E-state index contributed by atoms with van der Waals surface area (Å²) in [6, 6.07) is 0. The van der Waals surface area contributed by atoms with Crippen LogP contribution in [0.4, 0.5) is 0 Å². The third-order valence-corrected chi connectivity index (χ3v) is 8.29. The number of phosphoric ester groups is 1. The van der Waals surface area contributed by atoms with Crippen LogP contribution in [0, 0.1) is 0 Å². The van der Waals surface area contributed by atoms with E-state index in [1.807, 2.05) is 14.1 Å². The average molecular weight is 710 g/mol. The number of carbonyl (C=O) groups excluding carboxylic acids is 2. The van der Waals surface area contributed by atoms with E-state index in [2.05, 4.69) is 74.6 Å². The highest BCUT2D eigenvalue weighted by atomic mass is 31.2. The molecular weight excluding hydrogens is 641 g/mol. The van der Waals surface area contributed by atoms with Gasteiger partial charge in [0, 0.05) is 19.4 Å². The van der Waals surface area contributed by atoms with E-state index in [0.717, 1.165) is 77.0 Å². The van der Waals surface area contributed by atoms with Crippen LogP contribution in [0.15, 0.2) is 60.8 Å². The minimum atomic E-state index is -4.37. The molecule has 2 atom stereocenters. The number of likely N-dealkylation sites (N-methyl/N-ethyl adjacent to an activating group) is 1. The summed E-state index contributed by atoms with van der Waals surface area (Å²) in [7, 11) is -0.740. The van der Waals surface area contributed by atoms with E-state index in [1.165, 1.54) is 12.8 Å². The maximum atomic E-state index is 12.5. The summed E-state index contributed by atoms with van der Waals surface area (Å²) < 4.78 is 33.2. The van der Waals surface area contributed by atoms with Crippen LogP contribution in [0.25, 0.3) is 0 Å². The molecule has 0 radical (unpaired) electrons. The van der Waals surface area contributed by atoms with E-state index in [9.17, 15) is 19.0 Å². The summed E-state index contributed by atoms with van der Waals surface area (Å²) in [5.41, 5.74) is 0. The van der Waals surface area contributed by atoms with Gasteiger partial charge >= 0.3 is 19.8 Å². The Kier molecular flexibility index (Phi) is 32.6. The molecule has 0 fully saturated rings. The van der Waals surface area contributed by atoms with E-state index in [4.69, 9.17) is 18.5 Å². The number of ether oxygens (including phenoxy) is 2. The second-order valence-corrected chi connectivity index (χ2v) is 13.8. The number of hydrogen-bond acceptors (Lipinski definition) is 8. The zero-order valence-corrected chi connectivity index (χ0v) is 32.0. The smallest absolute Gasteiger partial charge is 0.462 e. The lowest BCUT2D eigenvalue weighted by atomic mass is 10.1. The van der Waals surface area contributed by atoms with E-state index in [1.54, 1.807) is 4.90 Å². The van der Waals surface area contributed by atoms with Gasteiger partial charge < -0.3 is 19.3 Å². The molecule has 0 bridgehead atoms. The zero-order chi connectivity index (χ0) is 36.3. The predicted octanol–water partition coefficient (Wildman–Crippen LogP) is 9.98. The van der Waals surface area contributed by atoms with Gasteiger partial charge in [-0.05, 0) is 84.7 Å². The van der Waals surface area contributed by atoms with Gasteiger partial charge in [0.05, 0.1) is 13.2 Å². The molecule has 2 unspecified atom stereocenters. The van der Waals surface area contributed by atoms with Crippen molar-refractivity contribution in [1.82, 2.24) is 4.90 Å². The molecule has 0 saturated heterocycles. The van der Waals surface area contributed by atoms with Crippen molar-refractivity contribution in [3.63, 3.8) is 0 Å². The molecule has 0 aliphatic carbocycles. The summed E-state index contributed by atoms with van der Waals surface area (Å²) in [6.07, 6.45) is 37.0. The summed E-state index contributed by atoms with van der Waals surface area (Å²) >= 11 is 0.